The van der Waals surface area contributed by atoms with Gasteiger partial charge in [-0.25, -0.2) is 0 Å². The molecule has 49 heavy (non-hydrogen) atoms. The van der Waals surface area contributed by atoms with Gasteiger partial charge in [0.2, 0.25) is 28.8 Å². The van der Waals surface area contributed by atoms with Gasteiger partial charge in [-0.15, -0.1) is 10.2 Å². The summed E-state index contributed by atoms with van der Waals surface area (Å²) in [5.74, 6) is 1.46. The van der Waals surface area contributed by atoms with E-state index in [9.17, 15) is 14.4 Å². The van der Waals surface area contributed by atoms with Crippen LogP contribution in [0.25, 0.3) is 22.5 Å². The molecule has 1 aromatic heterocycles. The van der Waals surface area contributed by atoms with Crippen LogP contribution in [0.4, 0.5) is 11.4 Å². The number of methoxy groups -OCH3 is 4. The fourth-order valence-electron chi connectivity index (χ4n) is 6.15. The van der Waals surface area contributed by atoms with E-state index in [1.165, 1.54) is 27.2 Å². The Morgan fingerprint density at radius 2 is 1.71 bits per heavy atom. The molecule has 0 saturated carbocycles. The van der Waals surface area contributed by atoms with Crippen LogP contribution in [-0.2, 0) is 16.0 Å². The zero-order valence-corrected chi connectivity index (χ0v) is 28.6. The van der Waals surface area contributed by atoms with Gasteiger partial charge >= 0.3 is 0 Å². The number of nitrogens with zero attached hydrogens (tertiary/aromatic N) is 3. The summed E-state index contributed by atoms with van der Waals surface area (Å²) in [4.78, 5) is 40.2. The molecule has 0 aliphatic heterocycles. The van der Waals surface area contributed by atoms with Crippen LogP contribution in [-0.4, -0.2) is 66.9 Å². The number of aromatic amines is 1. The largest absolute Gasteiger partial charge is 0.496 e. The van der Waals surface area contributed by atoms with E-state index in [1.807, 2.05) is 26.0 Å². The Morgan fingerprint density at radius 1 is 0.959 bits per heavy atom. The number of carbonyl (C=O) groups is 2. The number of anilines is 2. The van der Waals surface area contributed by atoms with Crippen molar-refractivity contribution in [2.24, 2.45) is 5.92 Å². The zero-order valence-electron chi connectivity index (χ0n) is 28.6. The fraction of sp³-hybridized carbons (Fsp3) is 0.371. The van der Waals surface area contributed by atoms with E-state index in [-0.39, 0.29) is 28.8 Å². The Kier molecular flexibility index (Phi) is 10.6. The number of tetrazole rings is 1. The first kappa shape index (κ1) is 34.7. The van der Waals surface area contributed by atoms with Gasteiger partial charge in [0.15, 0.2) is 11.5 Å². The maximum Gasteiger partial charge on any atom is 0.247 e. The van der Waals surface area contributed by atoms with Crippen molar-refractivity contribution in [3.63, 3.8) is 0 Å². The van der Waals surface area contributed by atoms with Gasteiger partial charge in [-0.3, -0.25) is 14.4 Å². The standard InChI is InChI=1S/C35H41N7O7/c1-8-18(2)31(35(45)37-21-10-14-28(46-4)24(16-21)34-39-41-42-40-34)38-26-13-11-22-23(17-27(26)44)25(36-19(3)43)12-9-20-15-29(47-5)32(48-6)33(49-7)30(20)22/h10-11,13-18,25,31H,8-9,12H2,1-7H3,(H,36,43)(H,37,45)(H,38,44)(H,39,40,41,42)/t18-,25+,31+/m0/s1. The van der Waals surface area contributed by atoms with Crippen molar-refractivity contribution in [1.82, 2.24) is 25.9 Å². The van der Waals surface area contributed by atoms with Crippen molar-refractivity contribution in [3.8, 4) is 45.5 Å². The molecule has 1 aliphatic carbocycles. The van der Waals surface area contributed by atoms with Crippen molar-refractivity contribution in [1.29, 1.82) is 0 Å². The van der Waals surface area contributed by atoms with E-state index in [0.717, 1.165) is 11.1 Å². The predicted octanol–water partition coefficient (Wildman–Crippen LogP) is 4.52. The molecule has 0 unspecified atom stereocenters. The van der Waals surface area contributed by atoms with E-state index in [4.69, 9.17) is 18.9 Å². The van der Waals surface area contributed by atoms with Crippen LogP contribution < -0.4 is 40.3 Å². The van der Waals surface area contributed by atoms with Gasteiger partial charge in [0, 0.05) is 18.2 Å². The second-order valence-electron chi connectivity index (χ2n) is 11.7. The quantitative estimate of drug-likeness (QED) is 0.166. The number of hydrogen-bond donors (Lipinski definition) is 4. The molecule has 0 radical (unpaired) electrons. The second-order valence-corrected chi connectivity index (χ2v) is 11.7. The Hall–Kier alpha value is -5.66. The molecule has 14 heteroatoms. The minimum absolute atomic E-state index is 0.165. The van der Waals surface area contributed by atoms with E-state index in [1.54, 1.807) is 38.5 Å². The lowest BCUT2D eigenvalue weighted by molar-refractivity contribution is -0.120. The molecule has 3 atom stereocenters. The molecule has 0 spiro atoms. The molecule has 0 bridgehead atoms. The molecule has 4 aromatic rings. The lowest BCUT2D eigenvalue weighted by Gasteiger charge is -2.24. The van der Waals surface area contributed by atoms with Gasteiger partial charge in [-0.1, -0.05) is 26.3 Å². The molecule has 0 saturated heterocycles. The number of hydrogen-bond acceptors (Lipinski definition) is 11. The van der Waals surface area contributed by atoms with Gasteiger partial charge in [0.25, 0.3) is 0 Å². The lowest BCUT2D eigenvalue weighted by atomic mass is 9.95. The minimum atomic E-state index is -0.784. The SMILES string of the molecule is CC[C@H](C)[C@@H](Nc1ccc2c(cc1=O)[C@H](NC(C)=O)CCc1cc(OC)c(OC)c(OC)c1-2)C(=O)Nc1ccc(OC)c(-c2nn[nH]n2)c1. The highest BCUT2D eigenvalue weighted by Crippen LogP contribution is 2.50. The third-order valence-electron chi connectivity index (χ3n) is 8.78. The summed E-state index contributed by atoms with van der Waals surface area (Å²) in [5.41, 5.74) is 3.85. The number of fused-ring (bicyclic) bond motifs is 3. The number of H-pyrrole nitrogens is 1. The summed E-state index contributed by atoms with van der Waals surface area (Å²) in [6.45, 7) is 5.36. The normalized spacial score (nSPS) is 14.6. The van der Waals surface area contributed by atoms with E-state index >= 15 is 0 Å². The number of carbonyl (C=O) groups excluding carboxylic acids is 2. The number of ether oxygens (including phenoxy) is 4. The molecular weight excluding hydrogens is 630 g/mol. The van der Waals surface area contributed by atoms with Crippen molar-refractivity contribution >= 4 is 23.2 Å². The molecule has 3 aromatic carbocycles. The molecule has 1 aliphatic rings. The zero-order chi connectivity index (χ0) is 35.2. The summed E-state index contributed by atoms with van der Waals surface area (Å²) in [7, 11) is 6.17. The molecule has 4 N–H and O–H groups in total. The highest BCUT2D eigenvalue weighted by molar-refractivity contribution is 5.97. The number of amides is 2. The van der Waals surface area contributed by atoms with E-state index in [2.05, 4.69) is 36.6 Å². The second kappa shape index (κ2) is 15.0. The van der Waals surface area contributed by atoms with Crippen LogP contribution in [0.5, 0.6) is 23.0 Å². The number of rotatable bonds is 12. The average molecular weight is 672 g/mol. The van der Waals surface area contributed by atoms with Crippen molar-refractivity contribution in [2.75, 3.05) is 39.1 Å². The van der Waals surface area contributed by atoms with Crippen LogP contribution in [0.1, 0.15) is 50.8 Å². The van der Waals surface area contributed by atoms with Crippen LogP contribution in [0.3, 0.4) is 0 Å². The number of aryl methyl sites for hydroxylation is 1. The number of aromatic nitrogens is 4. The van der Waals surface area contributed by atoms with Crippen LogP contribution in [0.2, 0.25) is 0 Å². The van der Waals surface area contributed by atoms with E-state index < -0.39 is 12.1 Å². The van der Waals surface area contributed by atoms with Gasteiger partial charge < -0.3 is 34.9 Å². The first-order chi connectivity index (χ1) is 23.6. The molecule has 14 nitrogen and oxygen atoms in total. The fourth-order valence-corrected chi connectivity index (χ4v) is 6.15. The third kappa shape index (κ3) is 7.12. The third-order valence-corrected chi connectivity index (χ3v) is 8.78. The first-order valence-electron chi connectivity index (χ1n) is 15.9. The lowest BCUT2D eigenvalue weighted by Crippen LogP contribution is -2.40. The predicted molar refractivity (Wildman–Crippen MR) is 184 cm³/mol. The Balaban J connectivity index is 1.57. The summed E-state index contributed by atoms with van der Waals surface area (Å²) < 4.78 is 22.6. The van der Waals surface area contributed by atoms with Gasteiger partial charge in [-0.05, 0) is 77.1 Å². The maximum absolute atomic E-state index is 14.0. The molecule has 2 amide bonds. The Bertz CT molecular complexity index is 1900. The number of benzene rings is 2. The number of nitrogens with one attached hydrogen (secondary N) is 4. The first-order valence-corrected chi connectivity index (χ1v) is 15.9. The molecule has 5 rings (SSSR count). The smallest absolute Gasteiger partial charge is 0.247 e. The van der Waals surface area contributed by atoms with E-state index in [0.29, 0.717) is 70.5 Å². The summed E-state index contributed by atoms with van der Waals surface area (Å²) >= 11 is 0. The highest BCUT2D eigenvalue weighted by Gasteiger charge is 2.30. The monoisotopic (exact) mass is 671 g/mol. The molecule has 1 heterocycles. The summed E-state index contributed by atoms with van der Waals surface area (Å²) in [6.07, 6.45) is 1.75. The van der Waals surface area contributed by atoms with Crippen molar-refractivity contribution in [2.45, 2.75) is 52.1 Å². The van der Waals surface area contributed by atoms with Crippen molar-refractivity contribution < 1.29 is 28.5 Å². The van der Waals surface area contributed by atoms with Crippen LogP contribution in [0, 0.1) is 5.92 Å². The van der Waals surface area contributed by atoms with Gasteiger partial charge in [0.1, 0.15) is 11.8 Å². The Labute approximate surface area is 283 Å². The van der Waals surface area contributed by atoms with Crippen molar-refractivity contribution in [3.05, 3.63) is 63.8 Å². The molecule has 0 fully saturated rings. The van der Waals surface area contributed by atoms with Gasteiger partial charge in [0.05, 0.1) is 45.7 Å². The van der Waals surface area contributed by atoms with Crippen LogP contribution in [0.15, 0.2) is 47.3 Å². The summed E-state index contributed by atoms with van der Waals surface area (Å²) in [5, 5.41) is 23.3. The highest BCUT2D eigenvalue weighted by atomic mass is 16.5. The van der Waals surface area contributed by atoms with Crippen LogP contribution >= 0.6 is 0 Å². The topological polar surface area (TPSA) is 179 Å². The molecule has 258 valence electrons. The average Bonchev–Trinajstić information content (AvgIpc) is 3.54. The maximum atomic E-state index is 14.0. The minimum Gasteiger partial charge on any atom is -0.496 e. The summed E-state index contributed by atoms with van der Waals surface area (Å²) in [6, 6.07) is 10.8. The Morgan fingerprint density at radius 3 is 2.35 bits per heavy atom. The molecular formula is C35H41N7O7. The van der Waals surface area contributed by atoms with Gasteiger partial charge in [-0.2, -0.15) is 5.21 Å².